The summed E-state index contributed by atoms with van der Waals surface area (Å²) in [6.45, 7) is 4.23. The fourth-order valence-corrected chi connectivity index (χ4v) is 2.53. The van der Waals surface area contributed by atoms with Gasteiger partial charge in [-0.2, -0.15) is 0 Å². The van der Waals surface area contributed by atoms with Gasteiger partial charge in [-0.25, -0.2) is 14.8 Å². The second-order valence-corrected chi connectivity index (χ2v) is 5.54. The van der Waals surface area contributed by atoms with E-state index >= 15 is 0 Å². The number of carboxylic acids is 1. The molecule has 2 rings (SSSR count). The molecule has 1 aromatic heterocycles. The Kier molecular flexibility index (Phi) is 4.97. The Morgan fingerprint density at radius 3 is 2.73 bits per heavy atom. The van der Waals surface area contributed by atoms with E-state index in [2.05, 4.69) is 25.9 Å². The summed E-state index contributed by atoms with van der Waals surface area (Å²) in [4.78, 5) is 19.5. The van der Waals surface area contributed by atoms with E-state index in [1.807, 2.05) is 6.92 Å². The fourth-order valence-electron chi connectivity index (χ4n) is 2.04. The van der Waals surface area contributed by atoms with Gasteiger partial charge in [0.2, 0.25) is 5.95 Å². The molecular formula is C15H16BrN3O3. The van der Waals surface area contributed by atoms with Crippen molar-refractivity contribution in [3.05, 3.63) is 33.9 Å². The third-order valence-corrected chi connectivity index (χ3v) is 3.61. The van der Waals surface area contributed by atoms with E-state index in [0.29, 0.717) is 29.3 Å². The third kappa shape index (κ3) is 3.36. The molecule has 7 heteroatoms. The summed E-state index contributed by atoms with van der Waals surface area (Å²) in [6.07, 6.45) is 0.902. The molecule has 0 unspecified atom stereocenters. The van der Waals surface area contributed by atoms with Gasteiger partial charge in [-0.1, -0.05) is 6.92 Å². The summed E-state index contributed by atoms with van der Waals surface area (Å²) < 4.78 is 6.31. The number of hydrogen-bond donors (Lipinski definition) is 2. The van der Waals surface area contributed by atoms with E-state index in [4.69, 9.17) is 10.5 Å². The molecule has 0 aliphatic heterocycles. The normalized spacial score (nSPS) is 10.5. The summed E-state index contributed by atoms with van der Waals surface area (Å²) in [5.41, 5.74) is 6.95. The first kappa shape index (κ1) is 16.2. The number of carbonyl (C=O) groups is 1. The van der Waals surface area contributed by atoms with Crippen molar-refractivity contribution in [3.8, 4) is 17.0 Å². The summed E-state index contributed by atoms with van der Waals surface area (Å²) in [6, 6.07) is 5.29. The smallest absolute Gasteiger partial charge is 0.339 e. The maximum atomic E-state index is 11.5. The zero-order valence-corrected chi connectivity index (χ0v) is 13.8. The van der Waals surface area contributed by atoms with Crippen molar-refractivity contribution in [1.29, 1.82) is 0 Å². The predicted molar refractivity (Wildman–Crippen MR) is 87.1 cm³/mol. The lowest BCUT2D eigenvalue weighted by Gasteiger charge is -2.11. The maximum Gasteiger partial charge on any atom is 0.339 e. The van der Waals surface area contributed by atoms with Crippen molar-refractivity contribution in [2.24, 2.45) is 0 Å². The van der Waals surface area contributed by atoms with Crippen LogP contribution >= 0.6 is 15.9 Å². The van der Waals surface area contributed by atoms with Crippen molar-refractivity contribution >= 4 is 27.8 Å². The molecule has 6 nitrogen and oxygen atoms in total. The molecule has 0 aliphatic carbocycles. The number of aromatic nitrogens is 2. The number of rotatable bonds is 5. The van der Waals surface area contributed by atoms with E-state index in [1.54, 1.807) is 25.1 Å². The summed E-state index contributed by atoms with van der Waals surface area (Å²) in [7, 11) is 0. The van der Waals surface area contributed by atoms with Crippen LogP contribution in [0, 0.1) is 6.92 Å². The third-order valence-electron chi connectivity index (χ3n) is 2.99. The largest absolute Gasteiger partial charge is 0.492 e. The zero-order valence-electron chi connectivity index (χ0n) is 12.3. The van der Waals surface area contributed by atoms with Gasteiger partial charge < -0.3 is 15.6 Å². The summed E-state index contributed by atoms with van der Waals surface area (Å²) >= 11 is 3.43. The van der Waals surface area contributed by atoms with Crippen molar-refractivity contribution in [1.82, 2.24) is 9.97 Å². The van der Waals surface area contributed by atoms with Crippen LogP contribution in [0.4, 0.5) is 5.95 Å². The van der Waals surface area contributed by atoms with E-state index in [0.717, 1.165) is 10.9 Å². The summed E-state index contributed by atoms with van der Waals surface area (Å²) in [5, 5.41) is 9.38. The predicted octanol–water partition coefficient (Wildman–Crippen LogP) is 3.28. The minimum atomic E-state index is -1.09. The van der Waals surface area contributed by atoms with Gasteiger partial charge >= 0.3 is 5.97 Å². The van der Waals surface area contributed by atoms with Gasteiger partial charge in [-0.05, 0) is 47.5 Å². The number of nitrogens with zero attached hydrogens (tertiary/aromatic N) is 2. The highest BCUT2D eigenvalue weighted by molar-refractivity contribution is 9.10. The second kappa shape index (κ2) is 6.74. The van der Waals surface area contributed by atoms with Crippen LogP contribution in [0.2, 0.25) is 0 Å². The van der Waals surface area contributed by atoms with E-state index < -0.39 is 5.97 Å². The van der Waals surface area contributed by atoms with Crippen molar-refractivity contribution in [2.45, 2.75) is 20.3 Å². The number of ether oxygens (including phenoxy) is 1. The molecule has 0 aliphatic rings. The van der Waals surface area contributed by atoms with E-state index in [9.17, 15) is 9.90 Å². The van der Waals surface area contributed by atoms with Crippen LogP contribution in [0.15, 0.2) is 22.7 Å². The van der Waals surface area contributed by atoms with Gasteiger partial charge in [-0.3, -0.25) is 0 Å². The molecule has 3 N–H and O–H groups in total. The van der Waals surface area contributed by atoms with Crippen LogP contribution < -0.4 is 10.5 Å². The van der Waals surface area contributed by atoms with Gasteiger partial charge in [0, 0.05) is 5.56 Å². The Balaban J connectivity index is 2.52. The molecule has 0 saturated carbocycles. The molecule has 1 heterocycles. The van der Waals surface area contributed by atoms with E-state index in [-0.39, 0.29) is 11.5 Å². The Bertz CT molecular complexity index is 719. The van der Waals surface area contributed by atoms with Crippen molar-refractivity contribution < 1.29 is 14.6 Å². The Hall–Kier alpha value is -2.15. The van der Waals surface area contributed by atoms with Crippen LogP contribution in [-0.4, -0.2) is 27.7 Å². The molecule has 0 saturated heterocycles. The Labute approximate surface area is 136 Å². The standard InChI is InChI=1S/C15H16BrN3O3/c1-3-6-22-11-5-4-9(7-10(11)16)13-12(14(20)21)8(2)18-15(17)19-13/h4-5,7H,3,6H2,1-2H3,(H,20,21)(H2,17,18,19). The molecule has 0 amide bonds. The molecule has 116 valence electrons. The van der Waals surface area contributed by atoms with Gasteiger partial charge in [0.1, 0.15) is 11.3 Å². The average molecular weight is 366 g/mol. The molecule has 0 atom stereocenters. The number of nitrogen functional groups attached to an aromatic ring is 1. The lowest BCUT2D eigenvalue weighted by molar-refractivity contribution is 0.0696. The molecule has 0 fully saturated rings. The minimum Gasteiger partial charge on any atom is -0.492 e. The van der Waals surface area contributed by atoms with Gasteiger partial charge in [0.25, 0.3) is 0 Å². The monoisotopic (exact) mass is 365 g/mol. The van der Waals surface area contributed by atoms with E-state index in [1.165, 1.54) is 0 Å². The van der Waals surface area contributed by atoms with Crippen LogP contribution in [0.25, 0.3) is 11.3 Å². The molecule has 22 heavy (non-hydrogen) atoms. The number of carboxylic acid groups (broad SMARTS) is 1. The zero-order chi connectivity index (χ0) is 16.3. The first-order chi connectivity index (χ1) is 10.4. The second-order valence-electron chi connectivity index (χ2n) is 4.69. The quantitative estimate of drug-likeness (QED) is 0.843. The van der Waals surface area contributed by atoms with Crippen molar-refractivity contribution in [3.63, 3.8) is 0 Å². The lowest BCUT2D eigenvalue weighted by Crippen LogP contribution is -2.09. The van der Waals surface area contributed by atoms with Crippen LogP contribution in [0.3, 0.4) is 0 Å². The van der Waals surface area contributed by atoms with Gasteiger partial charge in [-0.15, -0.1) is 0 Å². The number of hydrogen-bond acceptors (Lipinski definition) is 5. The molecular weight excluding hydrogens is 350 g/mol. The number of aromatic carboxylic acids is 1. The van der Waals surface area contributed by atoms with Crippen LogP contribution in [-0.2, 0) is 0 Å². The lowest BCUT2D eigenvalue weighted by atomic mass is 10.0. The number of anilines is 1. The summed E-state index contributed by atoms with van der Waals surface area (Å²) in [5.74, 6) is -0.351. The molecule has 2 aromatic rings. The fraction of sp³-hybridized carbons (Fsp3) is 0.267. The maximum absolute atomic E-state index is 11.5. The highest BCUT2D eigenvalue weighted by atomic mass is 79.9. The highest BCUT2D eigenvalue weighted by Gasteiger charge is 2.19. The highest BCUT2D eigenvalue weighted by Crippen LogP contribution is 2.32. The molecule has 0 bridgehead atoms. The molecule has 0 radical (unpaired) electrons. The van der Waals surface area contributed by atoms with Gasteiger partial charge in [0.15, 0.2) is 0 Å². The number of aryl methyl sites for hydroxylation is 1. The number of benzene rings is 1. The van der Waals surface area contributed by atoms with Gasteiger partial charge in [0.05, 0.1) is 22.5 Å². The molecule has 1 aromatic carbocycles. The Morgan fingerprint density at radius 1 is 1.41 bits per heavy atom. The SMILES string of the molecule is CCCOc1ccc(-c2nc(N)nc(C)c2C(=O)O)cc1Br. The Morgan fingerprint density at radius 2 is 2.14 bits per heavy atom. The topological polar surface area (TPSA) is 98.3 Å². The molecule has 0 spiro atoms. The van der Waals surface area contributed by atoms with Crippen LogP contribution in [0.1, 0.15) is 29.4 Å². The average Bonchev–Trinajstić information content (AvgIpc) is 2.44. The van der Waals surface area contributed by atoms with Crippen LogP contribution in [0.5, 0.6) is 5.75 Å². The number of nitrogens with two attached hydrogens (primary N) is 1. The minimum absolute atomic E-state index is 0.0416. The number of halogens is 1. The first-order valence-electron chi connectivity index (χ1n) is 6.74. The first-order valence-corrected chi connectivity index (χ1v) is 7.53. The van der Waals surface area contributed by atoms with Crippen molar-refractivity contribution in [2.75, 3.05) is 12.3 Å².